The van der Waals surface area contributed by atoms with Gasteiger partial charge in [-0.15, -0.1) is 0 Å². The third kappa shape index (κ3) is 4.21. The highest BCUT2D eigenvalue weighted by Gasteiger charge is 2.06. The largest absolute Gasteiger partial charge is 0.478 e. The van der Waals surface area contributed by atoms with Gasteiger partial charge in [-0.05, 0) is 29.8 Å². The van der Waals surface area contributed by atoms with E-state index in [1.165, 1.54) is 5.56 Å². The van der Waals surface area contributed by atoms with Gasteiger partial charge in [0.15, 0.2) is 0 Å². The number of benzene rings is 2. The molecule has 0 heterocycles. The first-order chi connectivity index (χ1) is 9.66. The topological polar surface area (TPSA) is 49.3 Å². The number of nitrogens with one attached hydrogen (secondary N) is 1. The number of carbonyl (C=O) groups is 1. The Morgan fingerprint density at radius 2 is 1.90 bits per heavy atom. The van der Waals surface area contributed by atoms with Gasteiger partial charge in [-0.25, -0.2) is 4.79 Å². The van der Waals surface area contributed by atoms with Crippen LogP contribution in [-0.2, 0) is 5.75 Å². The minimum absolute atomic E-state index is 0.280. The molecule has 0 saturated heterocycles. The molecule has 2 N–H and O–H groups in total. The molecule has 2 aromatic rings. The predicted molar refractivity (Wildman–Crippen MR) is 89.9 cm³/mol. The maximum Gasteiger partial charge on any atom is 0.337 e. The summed E-state index contributed by atoms with van der Waals surface area (Å²) in [5.41, 5.74) is 3.99. The summed E-state index contributed by atoms with van der Waals surface area (Å²) in [5.74, 6) is -0.0405. The Morgan fingerprint density at radius 3 is 2.60 bits per heavy atom. The summed E-state index contributed by atoms with van der Waals surface area (Å²) in [6.45, 7) is 0. The van der Waals surface area contributed by atoms with Crippen molar-refractivity contribution in [2.45, 2.75) is 5.75 Å². The third-order valence-corrected chi connectivity index (χ3v) is 4.04. The van der Waals surface area contributed by atoms with Crippen molar-refractivity contribution < 1.29 is 9.90 Å². The van der Waals surface area contributed by atoms with E-state index in [9.17, 15) is 4.79 Å². The van der Waals surface area contributed by atoms with Crippen LogP contribution in [0.1, 0.15) is 15.9 Å². The SMILES string of the molecule is O=C(O)c1ccccc1NC=[SH]Cc1ccc(Br)cc1. The molecular weight excluding hydrogens is 338 g/mol. The molecule has 0 bridgehead atoms. The molecule has 0 spiro atoms. The first-order valence-electron chi connectivity index (χ1n) is 5.98. The third-order valence-electron chi connectivity index (χ3n) is 2.66. The van der Waals surface area contributed by atoms with E-state index in [1.807, 2.05) is 23.7 Å². The molecule has 2 aromatic carbocycles. The average Bonchev–Trinajstić information content (AvgIpc) is 2.46. The summed E-state index contributed by atoms with van der Waals surface area (Å²) in [7, 11) is 0. The quantitative estimate of drug-likeness (QED) is 0.563. The molecule has 0 unspecified atom stereocenters. The number of anilines is 1. The maximum absolute atomic E-state index is 11.0. The monoisotopic (exact) mass is 351 g/mol. The van der Waals surface area contributed by atoms with Gasteiger partial charge in [-0.1, -0.05) is 40.2 Å². The molecule has 0 saturated carbocycles. The normalized spacial score (nSPS) is 11.1. The van der Waals surface area contributed by atoms with Gasteiger partial charge in [0.05, 0.1) is 11.3 Å². The molecule has 104 valence electrons. The maximum atomic E-state index is 11.0. The molecule has 0 aliphatic heterocycles. The van der Waals surface area contributed by atoms with Crippen LogP contribution < -0.4 is 5.32 Å². The average molecular weight is 352 g/mol. The second-order valence-corrected chi connectivity index (χ2v) is 5.95. The van der Waals surface area contributed by atoms with Crippen molar-refractivity contribution in [1.82, 2.24) is 0 Å². The first-order valence-corrected chi connectivity index (χ1v) is 7.92. The molecule has 0 aromatic heterocycles. The molecular formula is C15H14BrNO2S. The van der Waals surface area contributed by atoms with Crippen molar-refractivity contribution in [2.75, 3.05) is 5.32 Å². The Balaban J connectivity index is 1.97. The second-order valence-electron chi connectivity index (χ2n) is 4.09. The van der Waals surface area contributed by atoms with Gasteiger partial charge in [0.1, 0.15) is 0 Å². The van der Waals surface area contributed by atoms with Gasteiger partial charge >= 0.3 is 5.97 Å². The number of aromatic carboxylic acids is 1. The lowest BCUT2D eigenvalue weighted by atomic mass is 10.2. The van der Waals surface area contributed by atoms with Crippen LogP contribution in [0.2, 0.25) is 0 Å². The Hall–Kier alpha value is -1.59. The summed E-state index contributed by atoms with van der Waals surface area (Å²) < 4.78 is 1.07. The van der Waals surface area contributed by atoms with Gasteiger partial charge in [-0.3, -0.25) is 0 Å². The van der Waals surface area contributed by atoms with E-state index in [2.05, 4.69) is 33.4 Å². The molecule has 3 nitrogen and oxygen atoms in total. The van der Waals surface area contributed by atoms with Crippen molar-refractivity contribution in [2.24, 2.45) is 0 Å². The van der Waals surface area contributed by atoms with Crippen LogP contribution in [0.25, 0.3) is 0 Å². The number of halogens is 1. The lowest BCUT2D eigenvalue weighted by molar-refractivity contribution is 0.0698. The molecule has 0 aliphatic rings. The van der Waals surface area contributed by atoms with E-state index in [0.29, 0.717) is 5.69 Å². The van der Waals surface area contributed by atoms with E-state index in [1.54, 1.807) is 18.2 Å². The Kier molecular flexibility index (Phi) is 5.38. The Bertz CT molecular complexity index is 626. The molecule has 0 atom stereocenters. The number of carboxylic acids is 1. The fraction of sp³-hybridized carbons (Fsp3) is 0.0667. The molecule has 2 rings (SSSR count). The van der Waals surface area contributed by atoms with Crippen LogP contribution in [0.15, 0.2) is 53.0 Å². The fourth-order valence-electron chi connectivity index (χ4n) is 1.65. The van der Waals surface area contributed by atoms with Crippen molar-refractivity contribution in [3.63, 3.8) is 0 Å². The number of hydrogen-bond donors (Lipinski definition) is 3. The summed E-state index contributed by atoms with van der Waals surface area (Å²) in [4.78, 5) is 11.0. The van der Waals surface area contributed by atoms with Crippen LogP contribution in [-0.4, -0.2) is 16.6 Å². The lowest BCUT2D eigenvalue weighted by Crippen LogP contribution is -2.03. The van der Waals surface area contributed by atoms with Gasteiger partial charge in [-0.2, -0.15) is 11.4 Å². The van der Waals surface area contributed by atoms with Gasteiger partial charge in [0.2, 0.25) is 0 Å². The van der Waals surface area contributed by atoms with E-state index in [0.717, 1.165) is 21.6 Å². The summed E-state index contributed by atoms with van der Waals surface area (Å²) in [5, 5.41) is 12.1. The molecule has 0 aliphatic carbocycles. The van der Waals surface area contributed by atoms with E-state index in [-0.39, 0.29) is 5.56 Å². The van der Waals surface area contributed by atoms with E-state index in [4.69, 9.17) is 5.11 Å². The second kappa shape index (κ2) is 7.26. The number of rotatable bonds is 5. The molecule has 0 fully saturated rings. The van der Waals surface area contributed by atoms with Crippen LogP contribution >= 0.6 is 27.3 Å². The highest BCUT2D eigenvalue weighted by molar-refractivity contribution is 9.10. The highest BCUT2D eigenvalue weighted by Crippen LogP contribution is 2.15. The standard InChI is InChI=1S/C15H14BrNO2S/c16-12-7-5-11(6-8-12)9-20-10-17-14-4-2-1-3-13(14)15(18)19/h1-8,10,17,20H,9H2,(H,18,19). The van der Waals surface area contributed by atoms with Crippen molar-refractivity contribution in [1.29, 1.82) is 0 Å². The molecule has 0 radical (unpaired) electrons. The predicted octanol–water partition coefficient (Wildman–Crippen LogP) is 3.98. The van der Waals surface area contributed by atoms with Crippen LogP contribution in [0.5, 0.6) is 0 Å². The number of para-hydroxylation sites is 1. The zero-order valence-corrected chi connectivity index (χ0v) is 13.1. The Morgan fingerprint density at radius 1 is 1.20 bits per heavy atom. The number of carboxylic acid groups (broad SMARTS) is 1. The Labute approximate surface area is 129 Å². The summed E-state index contributed by atoms with van der Waals surface area (Å²) in [6.07, 6.45) is 0. The first kappa shape index (κ1) is 14.8. The highest BCUT2D eigenvalue weighted by atomic mass is 79.9. The zero-order valence-electron chi connectivity index (χ0n) is 10.6. The minimum atomic E-state index is -0.925. The lowest BCUT2D eigenvalue weighted by Gasteiger charge is -2.04. The summed E-state index contributed by atoms with van der Waals surface area (Å²) >= 11 is 4.48. The van der Waals surface area contributed by atoms with E-state index < -0.39 is 5.97 Å². The van der Waals surface area contributed by atoms with Gasteiger partial charge in [0, 0.05) is 15.7 Å². The van der Waals surface area contributed by atoms with Crippen LogP contribution in [0.3, 0.4) is 0 Å². The fourth-order valence-corrected chi connectivity index (χ4v) is 2.66. The summed E-state index contributed by atoms with van der Waals surface area (Å²) in [6, 6.07) is 15.0. The molecule has 0 amide bonds. The van der Waals surface area contributed by atoms with Crippen LogP contribution in [0.4, 0.5) is 5.69 Å². The van der Waals surface area contributed by atoms with Gasteiger partial charge in [0.25, 0.3) is 0 Å². The number of thiol groups is 1. The number of hydrogen-bond acceptors (Lipinski definition) is 1. The van der Waals surface area contributed by atoms with Crippen molar-refractivity contribution in [3.8, 4) is 0 Å². The molecule has 20 heavy (non-hydrogen) atoms. The van der Waals surface area contributed by atoms with Crippen molar-refractivity contribution >= 4 is 44.4 Å². The molecule has 5 heteroatoms. The van der Waals surface area contributed by atoms with Gasteiger partial charge < -0.3 is 10.4 Å². The van der Waals surface area contributed by atoms with Crippen molar-refractivity contribution in [3.05, 3.63) is 64.1 Å². The smallest absolute Gasteiger partial charge is 0.337 e. The minimum Gasteiger partial charge on any atom is -0.478 e. The van der Waals surface area contributed by atoms with E-state index >= 15 is 0 Å². The zero-order chi connectivity index (χ0) is 14.4. The van der Waals surface area contributed by atoms with Crippen LogP contribution in [0, 0.1) is 0 Å².